The second-order valence-corrected chi connectivity index (χ2v) is 5.42. The Bertz CT molecular complexity index is 722. The van der Waals surface area contributed by atoms with Gasteiger partial charge in [0.05, 0.1) is 5.52 Å². The molecule has 0 fully saturated rings. The quantitative estimate of drug-likeness (QED) is 0.768. The van der Waals surface area contributed by atoms with Crippen molar-refractivity contribution in [3.05, 3.63) is 78.0 Å². The summed E-state index contributed by atoms with van der Waals surface area (Å²) in [5.74, 6) is 0.408. The summed E-state index contributed by atoms with van der Waals surface area (Å²) in [5, 5.41) is 4.65. The van der Waals surface area contributed by atoms with Crippen LogP contribution < -0.4 is 5.32 Å². The molecule has 2 atom stereocenters. The lowest BCUT2D eigenvalue weighted by Crippen LogP contribution is -2.22. The SMILES string of the molecule is CNC(c1ccc2ncccc2c1)C(C)c1ccccc1. The maximum absolute atomic E-state index is 4.39. The molecule has 21 heavy (non-hydrogen) atoms. The topological polar surface area (TPSA) is 24.9 Å². The number of hydrogen-bond acceptors (Lipinski definition) is 2. The van der Waals surface area contributed by atoms with Gasteiger partial charge in [0, 0.05) is 23.5 Å². The van der Waals surface area contributed by atoms with Crippen LogP contribution in [-0.4, -0.2) is 12.0 Å². The lowest BCUT2D eigenvalue weighted by Gasteiger charge is -2.24. The molecule has 2 aromatic carbocycles. The van der Waals surface area contributed by atoms with Gasteiger partial charge in [0.2, 0.25) is 0 Å². The molecule has 0 saturated carbocycles. The summed E-state index contributed by atoms with van der Waals surface area (Å²) >= 11 is 0. The van der Waals surface area contributed by atoms with Gasteiger partial charge in [0.15, 0.2) is 0 Å². The van der Waals surface area contributed by atoms with E-state index in [0.29, 0.717) is 5.92 Å². The molecule has 3 rings (SSSR count). The number of hydrogen-bond donors (Lipinski definition) is 1. The number of nitrogens with one attached hydrogen (secondary N) is 1. The predicted molar refractivity (Wildman–Crippen MR) is 88.4 cm³/mol. The number of aromatic nitrogens is 1. The van der Waals surface area contributed by atoms with E-state index in [4.69, 9.17) is 0 Å². The van der Waals surface area contributed by atoms with E-state index in [1.807, 2.05) is 19.3 Å². The van der Waals surface area contributed by atoms with E-state index >= 15 is 0 Å². The van der Waals surface area contributed by atoms with E-state index in [1.54, 1.807) is 0 Å². The number of likely N-dealkylation sites (N-methyl/N-ethyl adjacent to an activating group) is 1. The minimum Gasteiger partial charge on any atom is -0.312 e. The molecule has 1 N–H and O–H groups in total. The molecule has 1 heterocycles. The average molecular weight is 276 g/mol. The Hall–Kier alpha value is -2.19. The van der Waals surface area contributed by atoms with Crippen molar-refractivity contribution in [1.82, 2.24) is 10.3 Å². The average Bonchev–Trinajstić information content (AvgIpc) is 2.56. The summed E-state index contributed by atoms with van der Waals surface area (Å²) in [6, 6.07) is 21.6. The van der Waals surface area contributed by atoms with E-state index < -0.39 is 0 Å². The van der Waals surface area contributed by atoms with Crippen LogP contribution in [-0.2, 0) is 0 Å². The lowest BCUT2D eigenvalue weighted by atomic mass is 9.88. The van der Waals surface area contributed by atoms with Crippen LogP contribution in [0.25, 0.3) is 10.9 Å². The molecule has 0 bridgehead atoms. The second kappa shape index (κ2) is 6.06. The van der Waals surface area contributed by atoms with E-state index in [9.17, 15) is 0 Å². The predicted octanol–water partition coefficient (Wildman–Crippen LogP) is 4.30. The van der Waals surface area contributed by atoms with Crippen LogP contribution in [0.3, 0.4) is 0 Å². The molecular formula is C19H20N2. The zero-order chi connectivity index (χ0) is 14.7. The largest absolute Gasteiger partial charge is 0.312 e. The molecule has 2 heteroatoms. The van der Waals surface area contributed by atoms with Crippen molar-refractivity contribution in [2.75, 3.05) is 7.05 Å². The van der Waals surface area contributed by atoms with Gasteiger partial charge in [-0.25, -0.2) is 0 Å². The van der Waals surface area contributed by atoms with Crippen molar-refractivity contribution >= 4 is 10.9 Å². The highest BCUT2D eigenvalue weighted by atomic mass is 14.9. The molecule has 2 unspecified atom stereocenters. The Kier molecular flexibility index (Phi) is 3.98. The minimum atomic E-state index is 0.289. The normalized spacial score (nSPS) is 14.0. The number of pyridine rings is 1. The summed E-state index contributed by atoms with van der Waals surface area (Å²) < 4.78 is 0. The lowest BCUT2D eigenvalue weighted by molar-refractivity contribution is 0.508. The molecule has 0 amide bonds. The summed E-state index contributed by atoms with van der Waals surface area (Å²) in [7, 11) is 2.03. The van der Waals surface area contributed by atoms with E-state index in [1.165, 1.54) is 16.5 Å². The molecule has 0 aliphatic heterocycles. The zero-order valence-electron chi connectivity index (χ0n) is 12.5. The van der Waals surface area contributed by atoms with Crippen LogP contribution in [0, 0.1) is 0 Å². The Morgan fingerprint density at radius 2 is 1.71 bits per heavy atom. The third-order valence-corrected chi connectivity index (χ3v) is 4.12. The molecule has 0 radical (unpaired) electrons. The first-order valence-corrected chi connectivity index (χ1v) is 7.36. The second-order valence-electron chi connectivity index (χ2n) is 5.42. The van der Waals surface area contributed by atoms with Gasteiger partial charge in [-0.1, -0.05) is 49.4 Å². The summed E-state index contributed by atoms with van der Waals surface area (Å²) in [5.41, 5.74) is 3.70. The van der Waals surface area contributed by atoms with E-state index in [2.05, 4.69) is 71.8 Å². The fraction of sp³-hybridized carbons (Fsp3) is 0.211. The fourth-order valence-corrected chi connectivity index (χ4v) is 2.94. The van der Waals surface area contributed by atoms with Crippen molar-refractivity contribution in [1.29, 1.82) is 0 Å². The monoisotopic (exact) mass is 276 g/mol. The maximum Gasteiger partial charge on any atom is 0.0702 e. The highest BCUT2D eigenvalue weighted by Gasteiger charge is 2.19. The Morgan fingerprint density at radius 3 is 2.48 bits per heavy atom. The Morgan fingerprint density at radius 1 is 0.905 bits per heavy atom. The molecule has 1 aromatic heterocycles. The van der Waals surface area contributed by atoms with Crippen molar-refractivity contribution in [3.8, 4) is 0 Å². The number of benzene rings is 2. The van der Waals surface area contributed by atoms with Crippen LogP contribution in [0.2, 0.25) is 0 Å². The summed E-state index contributed by atoms with van der Waals surface area (Å²) in [4.78, 5) is 4.39. The number of fused-ring (bicyclic) bond motifs is 1. The fourth-order valence-electron chi connectivity index (χ4n) is 2.94. The number of nitrogens with zero attached hydrogens (tertiary/aromatic N) is 1. The van der Waals surface area contributed by atoms with Crippen molar-refractivity contribution in [2.24, 2.45) is 0 Å². The van der Waals surface area contributed by atoms with E-state index in [0.717, 1.165) is 5.52 Å². The molecular weight excluding hydrogens is 256 g/mol. The van der Waals surface area contributed by atoms with E-state index in [-0.39, 0.29) is 6.04 Å². The van der Waals surface area contributed by atoms with Crippen LogP contribution in [0.4, 0.5) is 0 Å². The Balaban J connectivity index is 1.98. The Labute approximate surface area is 125 Å². The first-order chi connectivity index (χ1) is 10.3. The van der Waals surface area contributed by atoms with Gasteiger partial charge in [0.1, 0.15) is 0 Å². The van der Waals surface area contributed by atoms with Crippen molar-refractivity contribution in [3.63, 3.8) is 0 Å². The molecule has 3 aromatic rings. The van der Waals surface area contributed by atoms with Gasteiger partial charge >= 0.3 is 0 Å². The zero-order valence-corrected chi connectivity index (χ0v) is 12.5. The molecule has 106 valence electrons. The van der Waals surface area contributed by atoms with Gasteiger partial charge in [-0.05, 0) is 36.4 Å². The molecule has 0 saturated heterocycles. The summed E-state index contributed by atoms with van der Waals surface area (Å²) in [6.07, 6.45) is 1.84. The smallest absolute Gasteiger partial charge is 0.0702 e. The molecule has 2 nitrogen and oxygen atoms in total. The minimum absolute atomic E-state index is 0.289. The van der Waals surface area contributed by atoms with Crippen LogP contribution in [0.15, 0.2) is 66.9 Å². The third kappa shape index (κ3) is 2.81. The first-order valence-electron chi connectivity index (χ1n) is 7.36. The van der Waals surface area contributed by atoms with Crippen LogP contribution in [0.5, 0.6) is 0 Å². The third-order valence-electron chi connectivity index (χ3n) is 4.12. The highest BCUT2D eigenvalue weighted by molar-refractivity contribution is 5.79. The number of rotatable bonds is 4. The summed E-state index contributed by atoms with van der Waals surface area (Å²) in [6.45, 7) is 2.27. The maximum atomic E-state index is 4.39. The highest BCUT2D eigenvalue weighted by Crippen LogP contribution is 2.31. The van der Waals surface area contributed by atoms with Crippen molar-refractivity contribution in [2.45, 2.75) is 18.9 Å². The van der Waals surface area contributed by atoms with Gasteiger partial charge in [-0.3, -0.25) is 4.98 Å². The standard InChI is InChI=1S/C19H20N2/c1-14(15-7-4-3-5-8-15)19(20-2)17-10-11-18-16(13-17)9-6-12-21-18/h3-14,19-20H,1-2H3. The van der Waals surface area contributed by atoms with Gasteiger partial charge in [0.25, 0.3) is 0 Å². The molecule has 0 aliphatic rings. The molecule has 0 spiro atoms. The van der Waals surface area contributed by atoms with Crippen LogP contribution in [0.1, 0.15) is 30.0 Å². The van der Waals surface area contributed by atoms with Crippen molar-refractivity contribution < 1.29 is 0 Å². The van der Waals surface area contributed by atoms with Gasteiger partial charge < -0.3 is 5.32 Å². The van der Waals surface area contributed by atoms with Crippen LogP contribution >= 0.6 is 0 Å². The van der Waals surface area contributed by atoms with Gasteiger partial charge in [-0.2, -0.15) is 0 Å². The van der Waals surface area contributed by atoms with Gasteiger partial charge in [-0.15, -0.1) is 0 Å². The molecule has 0 aliphatic carbocycles. The first kappa shape index (κ1) is 13.8.